The van der Waals surface area contributed by atoms with Crippen LogP contribution in [0, 0.1) is 0 Å². The Bertz CT molecular complexity index is 288. The van der Waals surface area contributed by atoms with E-state index in [4.69, 9.17) is 0 Å². The third-order valence-electron chi connectivity index (χ3n) is 3.06. The Morgan fingerprint density at radius 3 is 2.40 bits per heavy atom. The molecule has 0 amide bonds. The first-order chi connectivity index (χ1) is 7.36. The highest BCUT2D eigenvalue weighted by Crippen LogP contribution is 2.19. The van der Waals surface area contributed by atoms with Gasteiger partial charge >= 0.3 is 0 Å². The lowest BCUT2D eigenvalue weighted by Gasteiger charge is -2.20. The summed E-state index contributed by atoms with van der Waals surface area (Å²) in [6.45, 7) is 0. The van der Waals surface area contributed by atoms with Crippen LogP contribution in [-0.4, -0.2) is 26.2 Å². The number of tetrazole rings is 1. The molecule has 1 saturated carbocycles. The predicted molar refractivity (Wildman–Crippen MR) is 58.5 cm³/mol. The van der Waals surface area contributed by atoms with Crippen molar-refractivity contribution in [2.75, 3.05) is 5.32 Å². The number of hydrogen-bond donors (Lipinski definition) is 1. The van der Waals surface area contributed by atoms with E-state index in [9.17, 15) is 0 Å². The van der Waals surface area contributed by atoms with Crippen LogP contribution in [0.1, 0.15) is 44.9 Å². The van der Waals surface area contributed by atoms with Crippen LogP contribution in [0.4, 0.5) is 5.95 Å². The minimum absolute atomic E-state index is 0.551. The van der Waals surface area contributed by atoms with Crippen molar-refractivity contribution in [1.29, 1.82) is 0 Å². The van der Waals surface area contributed by atoms with E-state index >= 15 is 0 Å². The highest BCUT2D eigenvalue weighted by Gasteiger charge is 2.13. The van der Waals surface area contributed by atoms with E-state index in [0.29, 0.717) is 6.04 Å². The highest BCUT2D eigenvalue weighted by atomic mass is 15.6. The van der Waals surface area contributed by atoms with Gasteiger partial charge in [-0.05, 0) is 23.3 Å². The molecule has 0 spiro atoms. The number of hydrogen-bond acceptors (Lipinski definition) is 4. The zero-order valence-electron chi connectivity index (χ0n) is 9.32. The molecule has 15 heavy (non-hydrogen) atoms. The molecule has 0 aromatic carbocycles. The quantitative estimate of drug-likeness (QED) is 0.806. The molecular formula is C10H19N5. The first kappa shape index (κ1) is 10.4. The fourth-order valence-corrected chi connectivity index (χ4v) is 2.13. The average molecular weight is 209 g/mol. The van der Waals surface area contributed by atoms with Gasteiger partial charge in [0.05, 0.1) is 0 Å². The molecule has 2 rings (SSSR count). The normalized spacial score (nSPS) is 19.5. The summed E-state index contributed by atoms with van der Waals surface area (Å²) in [4.78, 5) is 0. The second-order valence-corrected chi connectivity index (χ2v) is 4.31. The second-order valence-electron chi connectivity index (χ2n) is 4.31. The number of nitrogens with zero attached hydrogens (tertiary/aromatic N) is 4. The van der Waals surface area contributed by atoms with Gasteiger partial charge in [0.25, 0.3) is 0 Å². The maximum absolute atomic E-state index is 3.95. The second kappa shape index (κ2) is 5.09. The smallest absolute Gasteiger partial charge is 0.242 e. The van der Waals surface area contributed by atoms with Gasteiger partial charge in [-0.2, -0.15) is 0 Å². The Balaban J connectivity index is 1.89. The van der Waals surface area contributed by atoms with Gasteiger partial charge in [-0.1, -0.05) is 37.2 Å². The Morgan fingerprint density at radius 1 is 1.13 bits per heavy atom. The Morgan fingerprint density at radius 2 is 1.80 bits per heavy atom. The van der Waals surface area contributed by atoms with Gasteiger partial charge in [-0.25, -0.2) is 4.68 Å². The summed E-state index contributed by atoms with van der Waals surface area (Å²) in [7, 11) is 1.87. The molecule has 1 N–H and O–H groups in total. The van der Waals surface area contributed by atoms with Crippen molar-refractivity contribution in [3.05, 3.63) is 0 Å². The Hall–Kier alpha value is -1.13. The monoisotopic (exact) mass is 209 g/mol. The molecule has 1 aromatic rings. The van der Waals surface area contributed by atoms with Crippen LogP contribution in [0.3, 0.4) is 0 Å². The van der Waals surface area contributed by atoms with Gasteiger partial charge in [-0.3, -0.25) is 0 Å². The lowest BCUT2D eigenvalue weighted by molar-refractivity contribution is 0.468. The molecule has 0 saturated heterocycles. The van der Waals surface area contributed by atoms with Crippen LogP contribution in [-0.2, 0) is 7.05 Å². The van der Waals surface area contributed by atoms with Crippen molar-refractivity contribution in [2.24, 2.45) is 7.05 Å². The van der Waals surface area contributed by atoms with Gasteiger partial charge < -0.3 is 5.32 Å². The third kappa shape index (κ3) is 2.91. The molecule has 1 aliphatic carbocycles. The third-order valence-corrected chi connectivity index (χ3v) is 3.06. The van der Waals surface area contributed by atoms with Crippen LogP contribution in [0.25, 0.3) is 0 Å². The summed E-state index contributed by atoms with van der Waals surface area (Å²) >= 11 is 0. The molecule has 1 heterocycles. The zero-order chi connectivity index (χ0) is 10.5. The molecule has 0 radical (unpaired) electrons. The SMILES string of the molecule is Cn1nnnc1NC1CCCCCCC1. The lowest BCUT2D eigenvalue weighted by atomic mass is 9.97. The van der Waals surface area contributed by atoms with Crippen molar-refractivity contribution in [3.63, 3.8) is 0 Å². The highest BCUT2D eigenvalue weighted by molar-refractivity contribution is 5.22. The minimum Gasteiger partial charge on any atom is -0.350 e. The van der Waals surface area contributed by atoms with Gasteiger partial charge in [0.1, 0.15) is 0 Å². The van der Waals surface area contributed by atoms with E-state index in [2.05, 4.69) is 20.8 Å². The molecule has 5 heteroatoms. The van der Waals surface area contributed by atoms with Crippen molar-refractivity contribution in [1.82, 2.24) is 20.2 Å². The Labute approximate surface area is 90.2 Å². The summed E-state index contributed by atoms with van der Waals surface area (Å²) in [5, 5.41) is 14.8. The molecule has 0 unspecified atom stereocenters. The van der Waals surface area contributed by atoms with Gasteiger partial charge in [0, 0.05) is 13.1 Å². The standard InChI is InChI=1S/C10H19N5/c1-15-10(12-13-14-15)11-9-7-5-3-2-4-6-8-9/h9H,2-8H2,1H3,(H,11,12,14). The van der Waals surface area contributed by atoms with E-state index in [-0.39, 0.29) is 0 Å². The fourth-order valence-electron chi connectivity index (χ4n) is 2.13. The average Bonchev–Trinajstić information content (AvgIpc) is 2.56. The molecule has 1 aliphatic rings. The van der Waals surface area contributed by atoms with E-state index in [1.807, 2.05) is 7.05 Å². The molecule has 5 nitrogen and oxygen atoms in total. The summed E-state index contributed by atoms with van der Waals surface area (Å²) in [5.74, 6) is 0.792. The number of aromatic nitrogens is 4. The van der Waals surface area contributed by atoms with Crippen LogP contribution in [0.2, 0.25) is 0 Å². The summed E-state index contributed by atoms with van der Waals surface area (Å²) in [5.41, 5.74) is 0. The first-order valence-corrected chi connectivity index (χ1v) is 5.85. The molecule has 84 valence electrons. The van der Waals surface area contributed by atoms with Crippen LogP contribution < -0.4 is 5.32 Å². The van der Waals surface area contributed by atoms with E-state index in [1.54, 1.807) is 4.68 Å². The number of anilines is 1. The summed E-state index contributed by atoms with van der Waals surface area (Å²) in [6, 6.07) is 0.551. The minimum atomic E-state index is 0.551. The van der Waals surface area contributed by atoms with E-state index in [1.165, 1.54) is 44.9 Å². The van der Waals surface area contributed by atoms with Crippen molar-refractivity contribution < 1.29 is 0 Å². The van der Waals surface area contributed by atoms with Gasteiger partial charge in [0.2, 0.25) is 5.95 Å². The lowest BCUT2D eigenvalue weighted by Crippen LogP contribution is -2.22. The maximum Gasteiger partial charge on any atom is 0.242 e. The number of nitrogens with one attached hydrogen (secondary N) is 1. The van der Waals surface area contributed by atoms with Gasteiger partial charge in [-0.15, -0.1) is 0 Å². The molecule has 1 fully saturated rings. The number of aryl methyl sites for hydroxylation is 1. The molecule has 0 aliphatic heterocycles. The van der Waals surface area contributed by atoms with Crippen LogP contribution >= 0.6 is 0 Å². The van der Waals surface area contributed by atoms with Crippen molar-refractivity contribution in [3.8, 4) is 0 Å². The Kier molecular flexibility index (Phi) is 3.53. The maximum atomic E-state index is 3.95. The van der Waals surface area contributed by atoms with Gasteiger partial charge in [0.15, 0.2) is 0 Å². The van der Waals surface area contributed by atoms with Crippen molar-refractivity contribution in [2.45, 2.75) is 51.0 Å². The zero-order valence-corrected chi connectivity index (χ0v) is 9.32. The molecule has 1 aromatic heterocycles. The van der Waals surface area contributed by atoms with Crippen molar-refractivity contribution >= 4 is 5.95 Å². The topological polar surface area (TPSA) is 55.6 Å². The molecule has 0 bridgehead atoms. The van der Waals surface area contributed by atoms with Crippen LogP contribution in [0.15, 0.2) is 0 Å². The largest absolute Gasteiger partial charge is 0.350 e. The predicted octanol–water partition coefficient (Wildman–Crippen LogP) is 1.73. The van der Waals surface area contributed by atoms with E-state index < -0.39 is 0 Å². The molecule has 0 atom stereocenters. The molecular weight excluding hydrogens is 190 g/mol. The van der Waals surface area contributed by atoms with Crippen LogP contribution in [0.5, 0.6) is 0 Å². The summed E-state index contributed by atoms with van der Waals surface area (Å²) < 4.78 is 1.69. The fraction of sp³-hybridized carbons (Fsp3) is 0.900. The van der Waals surface area contributed by atoms with E-state index in [0.717, 1.165) is 5.95 Å². The first-order valence-electron chi connectivity index (χ1n) is 5.85. The summed E-state index contributed by atoms with van der Waals surface area (Å²) in [6.07, 6.45) is 9.27. The number of rotatable bonds is 2.